The Hall–Kier alpha value is -2.09. The summed E-state index contributed by atoms with van der Waals surface area (Å²) in [5, 5.41) is 23.0. The predicted molar refractivity (Wildman–Crippen MR) is 80.7 cm³/mol. The fourth-order valence-electron chi connectivity index (χ4n) is 1.65. The number of ether oxygens (including phenoxy) is 1. The maximum absolute atomic E-state index is 13.6. The zero-order valence-corrected chi connectivity index (χ0v) is 13.3. The molecule has 0 atom stereocenters. The second kappa shape index (κ2) is 7.45. The number of alkyl halides is 2. The van der Waals surface area contributed by atoms with Gasteiger partial charge in [-0.05, 0) is 38.5 Å². The molecular formula is C15H22F2N2O4. The second-order valence-corrected chi connectivity index (χ2v) is 6.14. The summed E-state index contributed by atoms with van der Waals surface area (Å²) < 4.78 is 32.2. The van der Waals surface area contributed by atoms with Crippen LogP contribution < -0.4 is 10.6 Å². The predicted octanol–water partition coefficient (Wildman–Crippen LogP) is 2.35. The van der Waals surface area contributed by atoms with Crippen LogP contribution in [0.25, 0.3) is 0 Å². The van der Waals surface area contributed by atoms with Gasteiger partial charge in [-0.1, -0.05) is 6.07 Å². The first-order chi connectivity index (χ1) is 10.5. The molecule has 6 nitrogen and oxygen atoms in total. The SMILES string of the molecule is CC(C)(C)OC(=O)NCC(F)(F)CNCc1ccc(O)c(O)c1. The molecule has 0 saturated heterocycles. The van der Waals surface area contributed by atoms with Gasteiger partial charge >= 0.3 is 6.09 Å². The molecule has 1 amide bonds. The Labute approximate surface area is 133 Å². The third-order valence-electron chi connectivity index (χ3n) is 2.64. The molecule has 0 heterocycles. The highest BCUT2D eigenvalue weighted by Gasteiger charge is 2.30. The van der Waals surface area contributed by atoms with Crippen molar-refractivity contribution in [2.45, 2.75) is 38.8 Å². The van der Waals surface area contributed by atoms with Crippen molar-refractivity contribution < 1.29 is 28.5 Å². The summed E-state index contributed by atoms with van der Waals surface area (Å²) in [6, 6.07) is 4.05. The largest absolute Gasteiger partial charge is 0.504 e. The van der Waals surface area contributed by atoms with Gasteiger partial charge in [-0.3, -0.25) is 0 Å². The lowest BCUT2D eigenvalue weighted by Gasteiger charge is -2.22. The van der Waals surface area contributed by atoms with Gasteiger partial charge in [-0.15, -0.1) is 0 Å². The number of alkyl carbamates (subject to hydrolysis) is 1. The summed E-state index contributed by atoms with van der Waals surface area (Å²) in [5.74, 6) is -3.75. The molecule has 0 aromatic heterocycles. The Morgan fingerprint density at radius 3 is 2.39 bits per heavy atom. The Bertz CT molecular complexity index is 545. The quantitative estimate of drug-likeness (QED) is 0.600. The highest BCUT2D eigenvalue weighted by molar-refractivity contribution is 5.67. The van der Waals surface area contributed by atoms with Crippen LogP contribution in [0.5, 0.6) is 11.5 Å². The number of amides is 1. The number of carbonyl (C=O) groups excluding carboxylic acids is 1. The highest BCUT2D eigenvalue weighted by Crippen LogP contribution is 2.24. The van der Waals surface area contributed by atoms with E-state index in [4.69, 9.17) is 9.84 Å². The van der Waals surface area contributed by atoms with Gasteiger partial charge in [0, 0.05) is 6.54 Å². The van der Waals surface area contributed by atoms with E-state index in [9.17, 15) is 18.7 Å². The van der Waals surface area contributed by atoms with Crippen molar-refractivity contribution in [1.82, 2.24) is 10.6 Å². The van der Waals surface area contributed by atoms with E-state index in [1.165, 1.54) is 18.2 Å². The van der Waals surface area contributed by atoms with Crippen LogP contribution in [0.3, 0.4) is 0 Å². The van der Waals surface area contributed by atoms with Crippen molar-refractivity contribution in [2.24, 2.45) is 0 Å². The van der Waals surface area contributed by atoms with E-state index >= 15 is 0 Å². The number of rotatable bonds is 6. The van der Waals surface area contributed by atoms with Gasteiger partial charge in [0.25, 0.3) is 5.92 Å². The molecule has 4 N–H and O–H groups in total. The number of halogens is 2. The highest BCUT2D eigenvalue weighted by atomic mass is 19.3. The Morgan fingerprint density at radius 2 is 1.83 bits per heavy atom. The normalized spacial score (nSPS) is 12.0. The molecule has 0 bridgehead atoms. The zero-order chi connectivity index (χ0) is 17.7. The smallest absolute Gasteiger partial charge is 0.407 e. The van der Waals surface area contributed by atoms with E-state index in [2.05, 4.69) is 5.32 Å². The third kappa shape index (κ3) is 7.64. The number of aromatic hydroxyl groups is 2. The number of hydrogen-bond acceptors (Lipinski definition) is 5. The van der Waals surface area contributed by atoms with Gasteiger partial charge in [0.2, 0.25) is 0 Å². The van der Waals surface area contributed by atoms with Crippen LogP contribution in [-0.2, 0) is 11.3 Å². The number of benzene rings is 1. The van der Waals surface area contributed by atoms with Gasteiger partial charge in [-0.2, -0.15) is 0 Å². The first-order valence-corrected chi connectivity index (χ1v) is 7.05. The van der Waals surface area contributed by atoms with Crippen molar-refractivity contribution in [3.8, 4) is 11.5 Å². The zero-order valence-electron chi connectivity index (χ0n) is 13.3. The average Bonchev–Trinajstić information content (AvgIpc) is 2.39. The van der Waals surface area contributed by atoms with E-state index < -0.39 is 30.7 Å². The molecule has 0 radical (unpaired) electrons. The summed E-state index contributed by atoms with van der Waals surface area (Å²) in [6.45, 7) is 3.48. The first-order valence-electron chi connectivity index (χ1n) is 7.05. The topological polar surface area (TPSA) is 90.8 Å². The minimum atomic E-state index is -3.16. The van der Waals surface area contributed by atoms with Crippen LogP contribution in [-0.4, -0.2) is 40.9 Å². The fraction of sp³-hybridized carbons (Fsp3) is 0.533. The molecule has 0 fully saturated rings. The van der Waals surface area contributed by atoms with Gasteiger partial charge < -0.3 is 25.6 Å². The Balaban J connectivity index is 2.37. The maximum atomic E-state index is 13.6. The molecule has 0 aliphatic carbocycles. The lowest BCUT2D eigenvalue weighted by atomic mass is 10.2. The summed E-state index contributed by atoms with van der Waals surface area (Å²) in [4.78, 5) is 11.3. The van der Waals surface area contributed by atoms with E-state index in [0.29, 0.717) is 5.56 Å². The summed E-state index contributed by atoms with van der Waals surface area (Å²) >= 11 is 0. The number of hydrogen-bond donors (Lipinski definition) is 4. The molecule has 0 spiro atoms. The van der Waals surface area contributed by atoms with Gasteiger partial charge in [0.15, 0.2) is 11.5 Å². The minimum Gasteiger partial charge on any atom is -0.504 e. The monoisotopic (exact) mass is 332 g/mol. The number of phenols is 2. The van der Waals surface area contributed by atoms with Crippen molar-refractivity contribution in [2.75, 3.05) is 13.1 Å². The number of nitrogens with one attached hydrogen (secondary N) is 2. The van der Waals surface area contributed by atoms with E-state index in [0.717, 1.165) is 0 Å². The molecular weight excluding hydrogens is 310 g/mol. The Kier molecular flexibility index (Phi) is 6.14. The van der Waals surface area contributed by atoms with Gasteiger partial charge in [0.05, 0.1) is 13.1 Å². The average molecular weight is 332 g/mol. The molecule has 1 aromatic carbocycles. The standard InChI is InChI=1S/C15H22F2N2O4/c1-14(2,3)23-13(22)19-9-15(16,17)8-18-7-10-4-5-11(20)12(21)6-10/h4-6,18,20-21H,7-9H2,1-3H3,(H,19,22). The molecule has 0 unspecified atom stereocenters. The molecule has 0 aliphatic rings. The summed E-state index contributed by atoms with van der Waals surface area (Å²) in [6.07, 6.45) is -0.902. The number of phenolic OH excluding ortho intramolecular Hbond substituents is 2. The van der Waals surface area contributed by atoms with E-state index in [1.54, 1.807) is 20.8 Å². The maximum Gasteiger partial charge on any atom is 0.407 e. The molecule has 130 valence electrons. The van der Waals surface area contributed by atoms with E-state index in [1.807, 2.05) is 5.32 Å². The lowest BCUT2D eigenvalue weighted by Crippen LogP contribution is -2.44. The molecule has 8 heteroatoms. The van der Waals surface area contributed by atoms with Crippen LogP contribution in [0.15, 0.2) is 18.2 Å². The summed E-state index contributed by atoms with van der Waals surface area (Å²) in [7, 11) is 0. The van der Waals surface area contributed by atoms with Crippen LogP contribution >= 0.6 is 0 Å². The third-order valence-corrected chi connectivity index (χ3v) is 2.64. The van der Waals surface area contributed by atoms with Crippen LogP contribution in [0.1, 0.15) is 26.3 Å². The van der Waals surface area contributed by atoms with Crippen molar-refractivity contribution in [3.05, 3.63) is 23.8 Å². The minimum absolute atomic E-state index is 0.0792. The molecule has 23 heavy (non-hydrogen) atoms. The van der Waals surface area contributed by atoms with Crippen molar-refractivity contribution in [1.29, 1.82) is 0 Å². The molecule has 1 aromatic rings. The van der Waals surface area contributed by atoms with Gasteiger partial charge in [-0.25, -0.2) is 13.6 Å². The lowest BCUT2D eigenvalue weighted by molar-refractivity contribution is -0.00376. The van der Waals surface area contributed by atoms with Gasteiger partial charge in [0.1, 0.15) is 5.60 Å². The molecule has 0 aliphatic heterocycles. The van der Waals surface area contributed by atoms with Crippen molar-refractivity contribution >= 4 is 6.09 Å². The Morgan fingerprint density at radius 1 is 1.17 bits per heavy atom. The van der Waals surface area contributed by atoms with Crippen LogP contribution in [0.2, 0.25) is 0 Å². The number of carbonyl (C=O) groups is 1. The summed E-state index contributed by atoms with van der Waals surface area (Å²) in [5.41, 5.74) is -0.213. The fourth-order valence-corrected chi connectivity index (χ4v) is 1.65. The molecule has 1 rings (SSSR count). The first kappa shape index (κ1) is 19.0. The molecule has 0 saturated carbocycles. The second-order valence-electron chi connectivity index (χ2n) is 6.14. The van der Waals surface area contributed by atoms with Crippen LogP contribution in [0, 0.1) is 0 Å². The van der Waals surface area contributed by atoms with Crippen molar-refractivity contribution in [3.63, 3.8) is 0 Å². The van der Waals surface area contributed by atoms with E-state index in [-0.39, 0.29) is 18.0 Å². The van der Waals surface area contributed by atoms with Crippen LogP contribution in [0.4, 0.5) is 13.6 Å².